The van der Waals surface area contributed by atoms with Gasteiger partial charge in [-0.25, -0.2) is 4.39 Å². The predicted octanol–water partition coefficient (Wildman–Crippen LogP) is 3.75. The lowest BCUT2D eigenvalue weighted by molar-refractivity contribution is 0.0927. The SMILES string of the molecule is CCC(C)C(C)NC(=O)c1ccc(F)cc1Br. The zero-order chi connectivity index (χ0) is 13.0. The molecule has 0 aliphatic rings. The van der Waals surface area contributed by atoms with Crippen LogP contribution in [0.15, 0.2) is 22.7 Å². The van der Waals surface area contributed by atoms with Gasteiger partial charge in [0.1, 0.15) is 5.82 Å². The van der Waals surface area contributed by atoms with Crippen LogP contribution in [0, 0.1) is 11.7 Å². The first-order chi connectivity index (χ1) is 7.95. The molecule has 0 spiro atoms. The molecule has 0 aromatic heterocycles. The lowest BCUT2D eigenvalue weighted by Gasteiger charge is -2.20. The van der Waals surface area contributed by atoms with Gasteiger partial charge in [-0.2, -0.15) is 0 Å². The van der Waals surface area contributed by atoms with E-state index in [1.165, 1.54) is 18.2 Å². The quantitative estimate of drug-likeness (QED) is 0.901. The standard InChI is InChI=1S/C13H17BrFNO/c1-4-8(2)9(3)16-13(17)11-6-5-10(15)7-12(11)14/h5-9H,4H2,1-3H3,(H,16,17). The molecule has 0 fully saturated rings. The molecule has 0 radical (unpaired) electrons. The lowest BCUT2D eigenvalue weighted by Crippen LogP contribution is -2.37. The molecule has 0 heterocycles. The molecule has 4 heteroatoms. The summed E-state index contributed by atoms with van der Waals surface area (Å²) >= 11 is 3.19. The Balaban J connectivity index is 2.76. The van der Waals surface area contributed by atoms with Gasteiger partial charge in [-0.05, 0) is 47.0 Å². The molecule has 0 aliphatic carbocycles. The van der Waals surface area contributed by atoms with E-state index in [1.807, 2.05) is 6.92 Å². The van der Waals surface area contributed by atoms with Crippen molar-refractivity contribution in [1.29, 1.82) is 0 Å². The highest BCUT2D eigenvalue weighted by molar-refractivity contribution is 9.10. The normalized spacial score (nSPS) is 14.2. The van der Waals surface area contributed by atoms with Gasteiger partial charge in [-0.15, -0.1) is 0 Å². The number of halogens is 2. The molecule has 2 nitrogen and oxygen atoms in total. The van der Waals surface area contributed by atoms with Crippen LogP contribution >= 0.6 is 15.9 Å². The van der Waals surface area contributed by atoms with Crippen molar-refractivity contribution < 1.29 is 9.18 Å². The minimum atomic E-state index is -0.358. The summed E-state index contributed by atoms with van der Waals surface area (Å²) in [5, 5.41) is 2.92. The molecule has 0 saturated carbocycles. The highest BCUT2D eigenvalue weighted by Crippen LogP contribution is 2.18. The molecule has 1 aromatic carbocycles. The first kappa shape index (κ1) is 14.2. The van der Waals surface area contributed by atoms with E-state index in [1.54, 1.807) is 0 Å². The summed E-state index contributed by atoms with van der Waals surface area (Å²) in [5.41, 5.74) is 0.460. The smallest absolute Gasteiger partial charge is 0.252 e. The number of carbonyl (C=O) groups excluding carboxylic acids is 1. The summed E-state index contributed by atoms with van der Waals surface area (Å²) in [5.74, 6) is -0.119. The summed E-state index contributed by atoms with van der Waals surface area (Å²) in [6.07, 6.45) is 1.01. The molecule has 2 unspecified atom stereocenters. The van der Waals surface area contributed by atoms with Gasteiger partial charge in [-0.1, -0.05) is 20.3 Å². The third-order valence-corrected chi connectivity index (χ3v) is 3.69. The third-order valence-electron chi connectivity index (χ3n) is 3.03. The number of carbonyl (C=O) groups is 1. The van der Waals surface area contributed by atoms with Gasteiger partial charge in [0.15, 0.2) is 0 Å². The Morgan fingerprint density at radius 1 is 1.47 bits per heavy atom. The van der Waals surface area contributed by atoms with Crippen LogP contribution in [0.4, 0.5) is 4.39 Å². The molecule has 0 saturated heterocycles. The summed E-state index contributed by atoms with van der Waals surface area (Å²) in [7, 11) is 0. The fourth-order valence-electron chi connectivity index (χ4n) is 1.45. The van der Waals surface area contributed by atoms with E-state index in [0.29, 0.717) is 16.0 Å². The molecule has 1 rings (SSSR count). The van der Waals surface area contributed by atoms with Crippen LogP contribution in [0.3, 0.4) is 0 Å². The predicted molar refractivity (Wildman–Crippen MR) is 70.5 cm³/mol. The van der Waals surface area contributed by atoms with Crippen LogP contribution < -0.4 is 5.32 Å². The second-order valence-corrected chi connectivity index (χ2v) is 5.13. The topological polar surface area (TPSA) is 29.1 Å². The molecule has 0 bridgehead atoms. The first-order valence-electron chi connectivity index (χ1n) is 5.71. The van der Waals surface area contributed by atoms with E-state index in [9.17, 15) is 9.18 Å². The molecule has 0 aliphatic heterocycles. The molecule has 17 heavy (non-hydrogen) atoms. The number of hydrogen-bond donors (Lipinski definition) is 1. The molecule has 1 N–H and O–H groups in total. The van der Waals surface area contributed by atoms with Gasteiger partial charge in [0.2, 0.25) is 0 Å². The van der Waals surface area contributed by atoms with E-state index in [0.717, 1.165) is 6.42 Å². The number of hydrogen-bond acceptors (Lipinski definition) is 1. The van der Waals surface area contributed by atoms with Crippen LogP contribution in [0.25, 0.3) is 0 Å². The van der Waals surface area contributed by atoms with E-state index in [-0.39, 0.29) is 17.8 Å². The minimum Gasteiger partial charge on any atom is -0.349 e. The van der Waals surface area contributed by atoms with Crippen LogP contribution in [-0.4, -0.2) is 11.9 Å². The molecule has 94 valence electrons. The number of benzene rings is 1. The summed E-state index contributed by atoms with van der Waals surface area (Å²) in [6, 6.07) is 4.17. The van der Waals surface area contributed by atoms with E-state index in [4.69, 9.17) is 0 Å². The zero-order valence-electron chi connectivity index (χ0n) is 10.3. The Morgan fingerprint density at radius 2 is 2.12 bits per heavy atom. The Labute approximate surface area is 110 Å². The molecule has 2 atom stereocenters. The number of nitrogens with one attached hydrogen (secondary N) is 1. The van der Waals surface area contributed by atoms with Crippen LogP contribution in [0.2, 0.25) is 0 Å². The minimum absolute atomic E-state index is 0.101. The fourth-order valence-corrected chi connectivity index (χ4v) is 1.98. The average molecular weight is 302 g/mol. The van der Waals surface area contributed by atoms with Crippen LogP contribution in [-0.2, 0) is 0 Å². The average Bonchev–Trinajstić information content (AvgIpc) is 2.27. The van der Waals surface area contributed by atoms with Crippen molar-refractivity contribution in [2.45, 2.75) is 33.2 Å². The van der Waals surface area contributed by atoms with Gasteiger partial charge in [0.25, 0.3) is 5.91 Å². The van der Waals surface area contributed by atoms with E-state index in [2.05, 4.69) is 35.1 Å². The maximum absolute atomic E-state index is 12.9. The van der Waals surface area contributed by atoms with E-state index < -0.39 is 0 Å². The Hall–Kier alpha value is -0.900. The largest absolute Gasteiger partial charge is 0.349 e. The number of amides is 1. The first-order valence-corrected chi connectivity index (χ1v) is 6.51. The fraction of sp³-hybridized carbons (Fsp3) is 0.462. The molecule has 1 amide bonds. The van der Waals surface area contributed by atoms with Crippen LogP contribution in [0.1, 0.15) is 37.6 Å². The zero-order valence-corrected chi connectivity index (χ0v) is 11.8. The van der Waals surface area contributed by atoms with Gasteiger partial charge in [0, 0.05) is 10.5 Å². The van der Waals surface area contributed by atoms with Crippen molar-refractivity contribution in [3.05, 3.63) is 34.1 Å². The Morgan fingerprint density at radius 3 is 2.65 bits per heavy atom. The van der Waals surface area contributed by atoms with Crippen molar-refractivity contribution >= 4 is 21.8 Å². The van der Waals surface area contributed by atoms with Crippen molar-refractivity contribution in [2.24, 2.45) is 5.92 Å². The van der Waals surface area contributed by atoms with Gasteiger partial charge < -0.3 is 5.32 Å². The monoisotopic (exact) mass is 301 g/mol. The number of rotatable bonds is 4. The summed E-state index contributed by atoms with van der Waals surface area (Å²) in [4.78, 5) is 11.9. The Kier molecular flexibility index (Phi) is 5.12. The van der Waals surface area contributed by atoms with Crippen molar-refractivity contribution in [1.82, 2.24) is 5.32 Å². The van der Waals surface area contributed by atoms with Crippen molar-refractivity contribution in [3.8, 4) is 0 Å². The molecule has 1 aromatic rings. The van der Waals surface area contributed by atoms with Crippen LogP contribution in [0.5, 0.6) is 0 Å². The Bertz CT molecular complexity index is 408. The maximum Gasteiger partial charge on any atom is 0.252 e. The highest BCUT2D eigenvalue weighted by atomic mass is 79.9. The van der Waals surface area contributed by atoms with Gasteiger partial charge >= 0.3 is 0 Å². The second kappa shape index (κ2) is 6.15. The maximum atomic E-state index is 12.9. The van der Waals surface area contributed by atoms with Gasteiger partial charge in [-0.3, -0.25) is 4.79 Å². The second-order valence-electron chi connectivity index (χ2n) is 4.27. The van der Waals surface area contributed by atoms with Gasteiger partial charge in [0.05, 0.1) is 5.56 Å². The summed E-state index contributed by atoms with van der Waals surface area (Å²) in [6.45, 7) is 6.15. The third kappa shape index (κ3) is 3.80. The molecular weight excluding hydrogens is 285 g/mol. The van der Waals surface area contributed by atoms with E-state index >= 15 is 0 Å². The lowest BCUT2D eigenvalue weighted by atomic mass is 10.0. The van der Waals surface area contributed by atoms with Crippen molar-refractivity contribution in [2.75, 3.05) is 0 Å². The van der Waals surface area contributed by atoms with Crippen molar-refractivity contribution in [3.63, 3.8) is 0 Å². The molecular formula is C13H17BrFNO. The highest BCUT2D eigenvalue weighted by Gasteiger charge is 2.16. The summed E-state index contributed by atoms with van der Waals surface area (Å²) < 4.78 is 13.4.